The van der Waals surface area contributed by atoms with Gasteiger partial charge in [-0.15, -0.1) is 11.8 Å². The summed E-state index contributed by atoms with van der Waals surface area (Å²) >= 11 is 6.39. The summed E-state index contributed by atoms with van der Waals surface area (Å²) in [5.74, 6) is 0.359. The maximum absolute atomic E-state index is 13.9. The van der Waals surface area contributed by atoms with Crippen LogP contribution in [0.3, 0.4) is 0 Å². The van der Waals surface area contributed by atoms with Crippen LogP contribution in [0, 0.1) is 5.82 Å². The summed E-state index contributed by atoms with van der Waals surface area (Å²) < 4.78 is 13.9. The highest BCUT2D eigenvalue weighted by atomic mass is 32.2. The van der Waals surface area contributed by atoms with Crippen molar-refractivity contribution in [3.8, 4) is 0 Å². The number of halogens is 1. The smallest absolute Gasteiger partial charge is 0.251 e. The maximum Gasteiger partial charge on any atom is 0.251 e. The minimum atomic E-state index is -0.229. The topological polar surface area (TPSA) is 55.1 Å². The van der Waals surface area contributed by atoms with E-state index in [-0.39, 0.29) is 17.8 Å². The Bertz CT molecular complexity index is 762. The minimum Gasteiger partial charge on any atom is -0.389 e. The van der Waals surface area contributed by atoms with Crippen molar-refractivity contribution in [3.05, 3.63) is 65.0 Å². The van der Waals surface area contributed by atoms with Gasteiger partial charge in [0.25, 0.3) is 5.91 Å². The van der Waals surface area contributed by atoms with Crippen LogP contribution in [-0.2, 0) is 0 Å². The lowest BCUT2D eigenvalue weighted by Gasteiger charge is -2.26. The van der Waals surface area contributed by atoms with Crippen LogP contribution in [0.4, 0.5) is 4.39 Å². The van der Waals surface area contributed by atoms with E-state index in [4.69, 9.17) is 18.0 Å². The second-order valence-electron chi connectivity index (χ2n) is 5.26. The zero-order valence-corrected chi connectivity index (χ0v) is 13.8. The van der Waals surface area contributed by atoms with Crippen molar-refractivity contribution in [1.29, 1.82) is 0 Å². The molecule has 0 saturated heterocycles. The largest absolute Gasteiger partial charge is 0.389 e. The molecular formula is C17H15FN2OS2. The molecule has 6 heteroatoms. The van der Waals surface area contributed by atoms with Gasteiger partial charge in [-0.25, -0.2) is 4.39 Å². The van der Waals surface area contributed by atoms with Crippen molar-refractivity contribution in [2.45, 2.75) is 17.4 Å². The molecule has 0 bridgehead atoms. The number of amides is 1. The Labute approximate surface area is 143 Å². The van der Waals surface area contributed by atoms with E-state index in [1.54, 1.807) is 30.3 Å². The van der Waals surface area contributed by atoms with Crippen LogP contribution in [-0.4, -0.2) is 16.6 Å². The highest BCUT2D eigenvalue weighted by molar-refractivity contribution is 7.99. The first kappa shape index (κ1) is 16.0. The molecular weight excluding hydrogens is 331 g/mol. The highest BCUT2D eigenvalue weighted by Crippen LogP contribution is 2.37. The van der Waals surface area contributed by atoms with Gasteiger partial charge in [0.2, 0.25) is 0 Å². The second kappa shape index (κ2) is 6.68. The fraction of sp³-hybridized carbons (Fsp3) is 0.176. The molecule has 23 heavy (non-hydrogen) atoms. The number of thioether (sulfide) groups is 1. The van der Waals surface area contributed by atoms with E-state index in [1.807, 2.05) is 6.07 Å². The van der Waals surface area contributed by atoms with Crippen LogP contribution >= 0.6 is 24.0 Å². The van der Waals surface area contributed by atoms with Gasteiger partial charge >= 0.3 is 0 Å². The average Bonchev–Trinajstić information content (AvgIpc) is 2.56. The van der Waals surface area contributed by atoms with E-state index in [0.29, 0.717) is 15.4 Å². The summed E-state index contributed by atoms with van der Waals surface area (Å²) in [6.07, 6.45) is 0.776. The van der Waals surface area contributed by atoms with E-state index in [2.05, 4.69) is 5.32 Å². The molecule has 2 aromatic rings. The van der Waals surface area contributed by atoms with Gasteiger partial charge in [-0.2, -0.15) is 0 Å². The normalized spacial score (nSPS) is 16.5. The zero-order valence-electron chi connectivity index (χ0n) is 12.2. The molecule has 3 rings (SSSR count). The molecule has 0 radical (unpaired) electrons. The highest BCUT2D eigenvalue weighted by Gasteiger charge is 2.24. The number of hydrogen-bond donors (Lipinski definition) is 2. The molecule has 0 saturated carbocycles. The molecule has 118 valence electrons. The quantitative estimate of drug-likeness (QED) is 0.836. The van der Waals surface area contributed by atoms with Crippen molar-refractivity contribution >= 4 is 34.9 Å². The number of carbonyl (C=O) groups is 1. The predicted octanol–water partition coefficient (Wildman–Crippen LogP) is 3.43. The molecule has 1 atom stereocenters. The summed E-state index contributed by atoms with van der Waals surface area (Å²) in [5, 5.41) is 2.98. The van der Waals surface area contributed by atoms with Gasteiger partial charge < -0.3 is 11.1 Å². The van der Waals surface area contributed by atoms with Gasteiger partial charge in [0.15, 0.2) is 0 Å². The van der Waals surface area contributed by atoms with Gasteiger partial charge in [0.05, 0.1) is 6.04 Å². The average molecular weight is 346 g/mol. The lowest BCUT2D eigenvalue weighted by atomic mass is 10.0. The van der Waals surface area contributed by atoms with Crippen molar-refractivity contribution in [2.75, 3.05) is 5.75 Å². The number of benzene rings is 2. The monoisotopic (exact) mass is 346 g/mol. The van der Waals surface area contributed by atoms with E-state index >= 15 is 0 Å². The molecule has 0 spiro atoms. The van der Waals surface area contributed by atoms with E-state index in [0.717, 1.165) is 23.3 Å². The van der Waals surface area contributed by atoms with E-state index in [1.165, 1.54) is 17.8 Å². The van der Waals surface area contributed by atoms with E-state index in [9.17, 15) is 9.18 Å². The molecule has 0 aliphatic carbocycles. The Hall–Kier alpha value is -1.92. The standard InChI is InChI=1S/C17H15FN2OS2/c18-13-3-1-2-12-14(8-9-23-15(12)13)20-17(21)11-6-4-10(5-7-11)16(19)22/h1-7,14H,8-9H2,(H2,19,22)(H,20,21)/t14-/m1/s1. The first-order valence-corrected chi connectivity index (χ1v) is 8.57. The molecule has 0 fully saturated rings. The summed E-state index contributed by atoms with van der Waals surface area (Å²) in [4.78, 5) is 13.3. The Kier molecular flexibility index (Phi) is 4.63. The fourth-order valence-corrected chi connectivity index (χ4v) is 3.84. The summed E-state index contributed by atoms with van der Waals surface area (Å²) in [6, 6.07) is 11.6. The van der Waals surface area contributed by atoms with Crippen molar-refractivity contribution in [1.82, 2.24) is 5.32 Å². The third-order valence-corrected chi connectivity index (χ3v) is 5.16. The van der Waals surface area contributed by atoms with Crippen LogP contribution < -0.4 is 11.1 Å². The molecule has 3 N–H and O–H groups in total. The molecule has 3 nitrogen and oxygen atoms in total. The maximum atomic E-state index is 13.9. The molecule has 2 aromatic carbocycles. The number of nitrogens with one attached hydrogen (secondary N) is 1. The predicted molar refractivity (Wildman–Crippen MR) is 94.3 cm³/mol. The first-order valence-electron chi connectivity index (χ1n) is 7.18. The Morgan fingerprint density at radius 3 is 2.61 bits per heavy atom. The number of carbonyl (C=O) groups excluding carboxylic acids is 1. The van der Waals surface area contributed by atoms with Crippen LogP contribution in [0.1, 0.15) is 33.9 Å². The third-order valence-electron chi connectivity index (χ3n) is 3.76. The Balaban J connectivity index is 1.79. The van der Waals surface area contributed by atoms with E-state index < -0.39 is 0 Å². The van der Waals surface area contributed by atoms with Crippen LogP contribution in [0.25, 0.3) is 0 Å². The Morgan fingerprint density at radius 1 is 1.22 bits per heavy atom. The van der Waals surface area contributed by atoms with Crippen molar-refractivity contribution < 1.29 is 9.18 Å². The fourth-order valence-electron chi connectivity index (χ4n) is 2.56. The van der Waals surface area contributed by atoms with Crippen LogP contribution in [0.5, 0.6) is 0 Å². The van der Waals surface area contributed by atoms with Crippen LogP contribution in [0.2, 0.25) is 0 Å². The SMILES string of the molecule is NC(=S)c1ccc(C(=O)N[C@@H]2CCSc3c(F)cccc32)cc1. The van der Waals surface area contributed by atoms with Crippen LogP contribution in [0.15, 0.2) is 47.4 Å². The van der Waals surface area contributed by atoms with Gasteiger partial charge in [0.1, 0.15) is 10.8 Å². The van der Waals surface area contributed by atoms with Gasteiger partial charge in [-0.3, -0.25) is 4.79 Å². The lowest BCUT2D eigenvalue weighted by molar-refractivity contribution is 0.0935. The second-order valence-corrected chi connectivity index (χ2v) is 6.81. The number of nitrogens with two attached hydrogens (primary N) is 1. The van der Waals surface area contributed by atoms with Gasteiger partial charge in [-0.05, 0) is 30.2 Å². The lowest BCUT2D eigenvalue weighted by Crippen LogP contribution is -2.30. The first-order chi connectivity index (χ1) is 11.1. The number of rotatable bonds is 3. The van der Waals surface area contributed by atoms with Gasteiger partial charge in [-0.1, -0.05) is 36.5 Å². The summed E-state index contributed by atoms with van der Waals surface area (Å²) in [5.41, 5.74) is 7.64. The Morgan fingerprint density at radius 2 is 1.91 bits per heavy atom. The van der Waals surface area contributed by atoms with Crippen molar-refractivity contribution in [3.63, 3.8) is 0 Å². The molecule has 0 aromatic heterocycles. The third kappa shape index (κ3) is 3.38. The summed E-state index contributed by atoms with van der Waals surface area (Å²) in [7, 11) is 0. The molecule has 0 unspecified atom stereocenters. The molecule has 1 aliphatic heterocycles. The molecule has 1 amide bonds. The number of hydrogen-bond acceptors (Lipinski definition) is 3. The van der Waals surface area contributed by atoms with Crippen molar-refractivity contribution in [2.24, 2.45) is 5.73 Å². The molecule has 1 heterocycles. The number of thiocarbonyl (C=S) groups is 1. The number of fused-ring (bicyclic) bond motifs is 1. The zero-order chi connectivity index (χ0) is 16.4. The minimum absolute atomic E-state index is 0.176. The summed E-state index contributed by atoms with van der Waals surface area (Å²) in [6.45, 7) is 0. The van der Waals surface area contributed by atoms with Gasteiger partial charge in [0, 0.05) is 21.8 Å². The molecule has 1 aliphatic rings.